The van der Waals surface area contributed by atoms with Crippen LogP contribution in [0.15, 0.2) is 42.5 Å². The molecule has 1 heterocycles. The average molecular weight is 183 g/mol. The molecular weight excluding hydrogens is 170 g/mol. The Labute approximate surface area is 83.8 Å². The van der Waals surface area contributed by atoms with E-state index in [1.165, 1.54) is 22.8 Å². The fourth-order valence-corrected chi connectivity index (χ4v) is 2.00. The second-order valence-corrected chi connectivity index (χ2v) is 3.90. The zero-order chi connectivity index (χ0) is 9.38. The number of hydrogen-bond donors (Lipinski definition) is 1. The van der Waals surface area contributed by atoms with Crippen molar-refractivity contribution in [2.75, 3.05) is 6.54 Å². The molecule has 0 spiro atoms. The lowest BCUT2D eigenvalue weighted by molar-refractivity contribution is 0.383. The van der Waals surface area contributed by atoms with Gasteiger partial charge in [-0.05, 0) is 35.4 Å². The fourth-order valence-electron chi connectivity index (χ4n) is 2.00. The lowest BCUT2D eigenvalue weighted by Crippen LogP contribution is -2.34. The zero-order valence-corrected chi connectivity index (χ0v) is 8.03. The molecule has 1 atom stereocenters. The van der Waals surface area contributed by atoms with Crippen LogP contribution >= 0.6 is 0 Å². The van der Waals surface area contributed by atoms with Crippen LogP contribution in [0.25, 0.3) is 10.8 Å². The van der Waals surface area contributed by atoms with Gasteiger partial charge in [0.25, 0.3) is 0 Å². The normalized spacial score (nSPS) is 20.7. The molecule has 0 amide bonds. The molecule has 1 N–H and O–H groups in total. The molecule has 2 aromatic rings. The largest absolute Gasteiger partial charge is 0.310 e. The summed E-state index contributed by atoms with van der Waals surface area (Å²) in [5, 5.41) is 6.10. The summed E-state index contributed by atoms with van der Waals surface area (Å²) in [5.74, 6) is 0. The maximum atomic E-state index is 3.43. The molecule has 1 heteroatoms. The molecular formula is C13H13N. The topological polar surface area (TPSA) is 12.0 Å². The van der Waals surface area contributed by atoms with Crippen molar-refractivity contribution in [3.05, 3.63) is 48.0 Å². The summed E-state index contributed by atoms with van der Waals surface area (Å²) in [6, 6.07) is 15.9. The number of hydrogen-bond acceptors (Lipinski definition) is 1. The molecule has 0 radical (unpaired) electrons. The Hall–Kier alpha value is -1.34. The summed E-state index contributed by atoms with van der Waals surface area (Å²) >= 11 is 0. The quantitative estimate of drug-likeness (QED) is 0.716. The number of benzene rings is 2. The fraction of sp³-hybridized carbons (Fsp3) is 0.231. The highest BCUT2D eigenvalue weighted by Crippen LogP contribution is 2.25. The molecule has 1 fully saturated rings. The number of nitrogens with one attached hydrogen (secondary N) is 1. The summed E-state index contributed by atoms with van der Waals surface area (Å²) in [4.78, 5) is 0. The minimum Gasteiger partial charge on any atom is -0.310 e. The Bertz CT molecular complexity index is 457. The van der Waals surface area contributed by atoms with E-state index >= 15 is 0 Å². The van der Waals surface area contributed by atoms with Gasteiger partial charge in [0.2, 0.25) is 0 Å². The highest BCUT2D eigenvalue weighted by Gasteiger charge is 2.17. The SMILES string of the molecule is c1ccc2cc([C@@H]3CCN3)ccc2c1. The van der Waals surface area contributed by atoms with Crippen LogP contribution in [0.4, 0.5) is 0 Å². The predicted octanol–water partition coefficient (Wildman–Crippen LogP) is 2.87. The number of fused-ring (bicyclic) bond motifs is 1. The Morgan fingerprint density at radius 2 is 1.79 bits per heavy atom. The van der Waals surface area contributed by atoms with Gasteiger partial charge in [-0.25, -0.2) is 0 Å². The molecule has 0 unspecified atom stereocenters. The molecule has 1 nitrogen and oxygen atoms in total. The third-order valence-corrected chi connectivity index (χ3v) is 3.00. The van der Waals surface area contributed by atoms with Crippen LogP contribution in [0.3, 0.4) is 0 Å². The van der Waals surface area contributed by atoms with Crippen molar-refractivity contribution in [3.8, 4) is 0 Å². The van der Waals surface area contributed by atoms with Crippen LogP contribution in [0.2, 0.25) is 0 Å². The van der Waals surface area contributed by atoms with E-state index in [9.17, 15) is 0 Å². The summed E-state index contributed by atoms with van der Waals surface area (Å²) in [5.41, 5.74) is 1.43. The first kappa shape index (κ1) is 8.01. The molecule has 0 saturated carbocycles. The summed E-state index contributed by atoms with van der Waals surface area (Å²) in [6.45, 7) is 1.16. The Kier molecular flexibility index (Phi) is 1.78. The van der Waals surface area contributed by atoms with Crippen molar-refractivity contribution in [2.45, 2.75) is 12.5 Å². The highest BCUT2D eigenvalue weighted by molar-refractivity contribution is 5.83. The lowest BCUT2D eigenvalue weighted by Gasteiger charge is -2.28. The van der Waals surface area contributed by atoms with Gasteiger partial charge >= 0.3 is 0 Å². The number of rotatable bonds is 1. The van der Waals surface area contributed by atoms with E-state index in [0.717, 1.165) is 6.54 Å². The van der Waals surface area contributed by atoms with Crippen molar-refractivity contribution >= 4 is 10.8 Å². The van der Waals surface area contributed by atoms with E-state index in [0.29, 0.717) is 6.04 Å². The van der Waals surface area contributed by atoms with Gasteiger partial charge in [-0.2, -0.15) is 0 Å². The van der Waals surface area contributed by atoms with Gasteiger partial charge < -0.3 is 5.32 Å². The Morgan fingerprint density at radius 1 is 1.00 bits per heavy atom. The molecule has 1 saturated heterocycles. The van der Waals surface area contributed by atoms with Crippen LogP contribution < -0.4 is 5.32 Å². The summed E-state index contributed by atoms with van der Waals surface area (Å²) in [6.07, 6.45) is 1.28. The minimum absolute atomic E-state index is 0.597. The predicted molar refractivity (Wildman–Crippen MR) is 59.3 cm³/mol. The van der Waals surface area contributed by atoms with Crippen molar-refractivity contribution in [1.29, 1.82) is 0 Å². The van der Waals surface area contributed by atoms with Gasteiger partial charge in [0.15, 0.2) is 0 Å². The van der Waals surface area contributed by atoms with Crippen LogP contribution in [0, 0.1) is 0 Å². The summed E-state index contributed by atoms with van der Waals surface area (Å²) in [7, 11) is 0. The van der Waals surface area contributed by atoms with E-state index in [1.54, 1.807) is 0 Å². The first-order valence-electron chi connectivity index (χ1n) is 5.15. The molecule has 0 aliphatic carbocycles. The van der Waals surface area contributed by atoms with Crippen LogP contribution in [-0.2, 0) is 0 Å². The van der Waals surface area contributed by atoms with E-state index in [1.807, 2.05) is 0 Å². The Morgan fingerprint density at radius 3 is 2.50 bits per heavy atom. The minimum atomic E-state index is 0.597. The molecule has 3 rings (SSSR count). The first-order valence-corrected chi connectivity index (χ1v) is 5.15. The molecule has 70 valence electrons. The second kappa shape index (κ2) is 3.10. The smallest absolute Gasteiger partial charge is 0.0332 e. The van der Waals surface area contributed by atoms with Gasteiger partial charge in [-0.15, -0.1) is 0 Å². The molecule has 0 aromatic heterocycles. The molecule has 0 bridgehead atoms. The maximum absolute atomic E-state index is 3.43. The maximum Gasteiger partial charge on any atom is 0.0332 e. The van der Waals surface area contributed by atoms with E-state index < -0.39 is 0 Å². The van der Waals surface area contributed by atoms with Crippen LogP contribution in [0.5, 0.6) is 0 Å². The van der Waals surface area contributed by atoms with Crippen molar-refractivity contribution in [1.82, 2.24) is 5.32 Å². The second-order valence-electron chi connectivity index (χ2n) is 3.90. The zero-order valence-electron chi connectivity index (χ0n) is 8.03. The Balaban J connectivity index is 2.10. The van der Waals surface area contributed by atoms with Crippen molar-refractivity contribution < 1.29 is 0 Å². The molecule has 1 aliphatic rings. The lowest BCUT2D eigenvalue weighted by atomic mass is 9.96. The van der Waals surface area contributed by atoms with E-state index in [4.69, 9.17) is 0 Å². The third-order valence-electron chi connectivity index (χ3n) is 3.00. The van der Waals surface area contributed by atoms with Crippen molar-refractivity contribution in [3.63, 3.8) is 0 Å². The third kappa shape index (κ3) is 1.21. The van der Waals surface area contributed by atoms with Gasteiger partial charge in [0.1, 0.15) is 0 Å². The standard InChI is InChI=1S/C13H13N/c1-2-4-11-9-12(13-7-8-14-13)6-5-10(11)3-1/h1-6,9,13-14H,7-8H2/t13-/m0/s1. The molecule has 14 heavy (non-hydrogen) atoms. The molecule has 2 aromatic carbocycles. The van der Waals surface area contributed by atoms with E-state index in [2.05, 4.69) is 47.8 Å². The van der Waals surface area contributed by atoms with Crippen LogP contribution in [0.1, 0.15) is 18.0 Å². The van der Waals surface area contributed by atoms with Gasteiger partial charge in [0.05, 0.1) is 0 Å². The van der Waals surface area contributed by atoms with Gasteiger partial charge in [0, 0.05) is 6.04 Å². The average Bonchev–Trinajstić information content (AvgIpc) is 2.15. The van der Waals surface area contributed by atoms with Gasteiger partial charge in [-0.1, -0.05) is 36.4 Å². The summed E-state index contributed by atoms with van der Waals surface area (Å²) < 4.78 is 0. The van der Waals surface area contributed by atoms with Crippen LogP contribution in [-0.4, -0.2) is 6.54 Å². The van der Waals surface area contributed by atoms with Crippen molar-refractivity contribution in [2.24, 2.45) is 0 Å². The first-order chi connectivity index (χ1) is 6.93. The molecule has 1 aliphatic heterocycles. The highest BCUT2D eigenvalue weighted by atomic mass is 15.0. The monoisotopic (exact) mass is 183 g/mol. The van der Waals surface area contributed by atoms with Gasteiger partial charge in [-0.3, -0.25) is 0 Å². The van der Waals surface area contributed by atoms with E-state index in [-0.39, 0.29) is 0 Å².